The second-order valence-corrected chi connectivity index (χ2v) is 5.24. The van der Waals surface area contributed by atoms with E-state index in [1.165, 1.54) is 43.2 Å². The number of carbonyl (C=O) groups excluding carboxylic acids is 1. The fraction of sp³-hybridized carbons (Fsp3) is 0.588. The maximum atomic E-state index is 11.0. The molecule has 0 amide bonds. The number of carbonyl (C=O) groups is 1. The molecular formula is C17H27NO. The predicted molar refractivity (Wildman–Crippen MR) is 82.7 cm³/mol. The van der Waals surface area contributed by atoms with Crippen LogP contribution in [0.15, 0.2) is 12.1 Å². The lowest BCUT2D eigenvalue weighted by Crippen LogP contribution is -2.04. The number of aldehydes is 1. The summed E-state index contributed by atoms with van der Waals surface area (Å²) < 4.78 is 0. The smallest absolute Gasteiger partial charge is 0.152 e. The van der Waals surface area contributed by atoms with Gasteiger partial charge in [0.15, 0.2) is 6.29 Å². The normalized spacial score (nSPS) is 10.6. The van der Waals surface area contributed by atoms with E-state index in [1.54, 1.807) is 0 Å². The van der Waals surface area contributed by atoms with Crippen LogP contribution >= 0.6 is 0 Å². The molecule has 106 valence electrons. The van der Waals surface area contributed by atoms with Crippen molar-refractivity contribution in [3.05, 3.63) is 28.8 Å². The molecule has 2 heteroatoms. The third-order valence-electron chi connectivity index (χ3n) is 3.69. The standard InChI is InChI=1S/C17H27NO/c1-3-5-7-9-14-11-12-15(13-19)17(18)16(14)10-8-6-4-2/h11-13H,3-10,18H2,1-2H3. The average molecular weight is 261 g/mol. The highest BCUT2D eigenvalue weighted by Gasteiger charge is 2.10. The number of rotatable bonds is 9. The van der Waals surface area contributed by atoms with Gasteiger partial charge in [-0.15, -0.1) is 0 Å². The molecule has 1 aromatic rings. The topological polar surface area (TPSA) is 43.1 Å². The van der Waals surface area contributed by atoms with Crippen LogP contribution in [-0.4, -0.2) is 6.29 Å². The average Bonchev–Trinajstić information content (AvgIpc) is 2.42. The highest BCUT2D eigenvalue weighted by atomic mass is 16.1. The van der Waals surface area contributed by atoms with Gasteiger partial charge in [-0.25, -0.2) is 0 Å². The van der Waals surface area contributed by atoms with E-state index in [9.17, 15) is 4.79 Å². The van der Waals surface area contributed by atoms with Crippen molar-refractivity contribution in [3.63, 3.8) is 0 Å². The Hall–Kier alpha value is -1.31. The lowest BCUT2D eigenvalue weighted by Gasteiger charge is -2.14. The molecule has 2 nitrogen and oxygen atoms in total. The molecule has 2 N–H and O–H groups in total. The monoisotopic (exact) mass is 261 g/mol. The second kappa shape index (κ2) is 8.73. The first kappa shape index (κ1) is 15.7. The molecule has 0 aliphatic heterocycles. The van der Waals surface area contributed by atoms with E-state index >= 15 is 0 Å². The molecule has 0 aliphatic carbocycles. The number of hydrogen-bond donors (Lipinski definition) is 1. The highest BCUT2D eigenvalue weighted by molar-refractivity contribution is 5.85. The minimum atomic E-state index is 0.644. The summed E-state index contributed by atoms with van der Waals surface area (Å²) in [7, 11) is 0. The lowest BCUT2D eigenvalue weighted by molar-refractivity contribution is 0.112. The van der Waals surface area contributed by atoms with Gasteiger partial charge in [-0.3, -0.25) is 4.79 Å². The number of hydrogen-bond acceptors (Lipinski definition) is 2. The summed E-state index contributed by atoms with van der Waals surface area (Å²) in [5.41, 5.74) is 10.1. The van der Waals surface area contributed by atoms with Crippen molar-refractivity contribution < 1.29 is 4.79 Å². The van der Waals surface area contributed by atoms with Crippen molar-refractivity contribution in [2.24, 2.45) is 0 Å². The molecule has 1 rings (SSSR count). The molecule has 0 bridgehead atoms. The van der Waals surface area contributed by atoms with E-state index in [-0.39, 0.29) is 0 Å². The Bertz CT molecular complexity index is 398. The molecular weight excluding hydrogens is 234 g/mol. The Morgan fingerprint density at radius 3 is 2.21 bits per heavy atom. The summed E-state index contributed by atoms with van der Waals surface area (Å²) in [5, 5.41) is 0. The van der Waals surface area contributed by atoms with E-state index in [0.717, 1.165) is 25.5 Å². The van der Waals surface area contributed by atoms with E-state index in [0.29, 0.717) is 11.3 Å². The first-order valence-corrected chi connectivity index (χ1v) is 7.60. The van der Waals surface area contributed by atoms with Crippen LogP contribution < -0.4 is 5.73 Å². The van der Waals surface area contributed by atoms with Crippen LogP contribution in [-0.2, 0) is 12.8 Å². The van der Waals surface area contributed by atoms with Gasteiger partial charge in [0, 0.05) is 11.3 Å². The Kier molecular flexibility index (Phi) is 7.24. The lowest BCUT2D eigenvalue weighted by atomic mass is 9.93. The first-order valence-electron chi connectivity index (χ1n) is 7.60. The Labute approximate surface area is 117 Å². The van der Waals surface area contributed by atoms with Crippen LogP contribution in [0.4, 0.5) is 5.69 Å². The third kappa shape index (κ3) is 4.70. The number of unbranched alkanes of at least 4 members (excludes halogenated alkanes) is 4. The zero-order valence-electron chi connectivity index (χ0n) is 12.4. The van der Waals surface area contributed by atoms with E-state index in [1.807, 2.05) is 6.07 Å². The number of anilines is 1. The summed E-state index contributed by atoms with van der Waals surface area (Å²) >= 11 is 0. The van der Waals surface area contributed by atoms with E-state index in [2.05, 4.69) is 19.9 Å². The van der Waals surface area contributed by atoms with Crippen molar-refractivity contribution in [1.82, 2.24) is 0 Å². The summed E-state index contributed by atoms with van der Waals surface area (Å²) in [6, 6.07) is 3.96. The highest BCUT2D eigenvalue weighted by Crippen LogP contribution is 2.25. The Balaban J connectivity index is 2.87. The molecule has 0 saturated carbocycles. The van der Waals surface area contributed by atoms with Gasteiger partial charge in [0.1, 0.15) is 0 Å². The first-order chi connectivity index (χ1) is 9.24. The number of nitrogens with two attached hydrogens (primary N) is 1. The van der Waals surface area contributed by atoms with Crippen LogP contribution in [0.5, 0.6) is 0 Å². The minimum absolute atomic E-state index is 0.644. The summed E-state index contributed by atoms with van der Waals surface area (Å²) in [4.78, 5) is 11.0. The van der Waals surface area contributed by atoms with Gasteiger partial charge in [-0.1, -0.05) is 45.6 Å². The van der Waals surface area contributed by atoms with Gasteiger partial charge >= 0.3 is 0 Å². The number of benzene rings is 1. The van der Waals surface area contributed by atoms with Crippen molar-refractivity contribution in [3.8, 4) is 0 Å². The van der Waals surface area contributed by atoms with Crippen LogP contribution in [0.1, 0.15) is 73.9 Å². The molecule has 1 aromatic carbocycles. The van der Waals surface area contributed by atoms with Crippen LogP contribution in [0.25, 0.3) is 0 Å². The quantitative estimate of drug-likeness (QED) is 0.402. The third-order valence-corrected chi connectivity index (χ3v) is 3.69. The SMILES string of the molecule is CCCCCc1ccc(C=O)c(N)c1CCCCC. The predicted octanol–water partition coefficient (Wildman–Crippen LogP) is 4.55. The molecule has 0 heterocycles. The summed E-state index contributed by atoms with van der Waals surface area (Å²) in [5.74, 6) is 0. The van der Waals surface area contributed by atoms with Crippen molar-refractivity contribution in [2.45, 2.75) is 65.2 Å². The Morgan fingerprint density at radius 2 is 1.63 bits per heavy atom. The van der Waals surface area contributed by atoms with Gasteiger partial charge in [0.05, 0.1) is 0 Å². The molecule has 0 atom stereocenters. The van der Waals surface area contributed by atoms with Gasteiger partial charge in [0.2, 0.25) is 0 Å². The van der Waals surface area contributed by atoms with E-state index in [4.69, 9.17) is 5.73 Å². The van der Waals surface area contributed by atoms with Crippen LogP contribution in [0.3, 0.4) is 0 Å². The molecule has 0 radical (unpaired) electrons. The van der Waals surface area contributed by atoms with Gasteiger partial charge < -0.3 is 5.73 Å². The molecule has 0 saturated heterocycles. The molecule has 0 unspecified atom stereocenters. The summed E-state index contributed by atoms with van der Waals surface area (Å²) in [6.45, 7) is 4.42. The van der Waals surface area contributed by atoms with Gasteiger partial charge in [0.25, 0.3) is 0 Å². The molecule has 0 aromatic heterocycles. The molecule has 0 spiro atoms. The number of nitrogen functional groups attached to an aromatic ring is 1. The van der Waals surface area contributed by atoms with E-state index < -0.39 is 0 Å². The van der Waals surface area contributed by atoms with Crippen molar-refractivity contribution in [1.29, 1.82) is 0 Å². The van der Waals surface area contributed by atoms with Crippen molar-refractivity contribution >= 4 is 12.0 Å². The van der Waals surface area contributed by atoms with Crippen LogP contribution in [0.2, 0.25) is 0 Å². The second-order valence-electron chi connectivity index (χ2n) is 5.24. The molecule has 0 fully saturated rings. The maximum absolute atomic E-state index is 11.0. The zero-order chi connectivity index (χ0) is 14.1. The van der Waals surface area contributed by atoms with Gasteiger partial charge in [-0.2, -0.15) is 0 Å². The Morgan fingerprint density at radius 1 is 1.00 bits per heavy atom. The minimum Gasteiger partial charge on any atom is -0.398 e. The molecule has 19 heavy (non-hydrogen) atoms. The fourth-order valence-corrected chi connectivity index (χ4v) is 2.48. The largest absolute Gasteiger partial charge is 0.398 e. The number of aryl methyl sites for hydroxylation is 1. The molecule has 0 aliphatic rings. The van der Waals surface area contributed by atoms with Crippen LogP contribution in [0, 0.1) is 0 Å². The zero-order valence-corrected chi connectivity index (χ0v) is 12.4. The van der Waals surface area contributed by atoms with Gasteiger partial charge in [-0.05, 0) is 42.9 Å². The summed E-state index contributed by atoms with van der Waals surface area (Å²) in [6.07, 6.45) is 10.2. The van der Waals surface area contributed by atoms with Crippen molar-refractivity contribution in [2.75, 3.05) is 5.73 Å². The maximum Gasteiger partial charge on any atom is 0.152 e. The fourth-order valence-electron chi connectivity index (χ4n) is 2.48.